The largest absolute Gasteiger partial charge is 0.301 e. The third kappa shape index (κ3) is 2.89. The van der Waals surface area contributed by atoms with E-state index in [9.17, 15) is 9.59 Å². The Labute approximate surface area is 131 Å². The van der Waals surface area contributed by atoms with Crippen LogP contribution in [0.25, 0.3) is 0 Å². The maximum Gasteiger partial charge on any atom is 0.261 e. The fraction of sp³-hybridized carbons (Fsp3) is 0.200. The van der Waals surface area contributed by atoms with Gasteiger partial charge in [0.1, 0.15) is 0 Å². The third-order valence-corrected chi connectivity index (χ3v) is 3.99. The van der Waals surface area contributed by atoms with Crippen LogP contribution in [0, 0.1) is 5.92 Å². The Morgan fingerprint density at radius 2 is 2.14 bits per heavy atom. The van der Waals surface area contributed by atoms with E-state index in [0.717, 1.165) is 5.56 Å². The van der Waals surface area contributed by atoms with E-state index in [1.807, 2.05) is 30.3 Å². The van der Waals surface area contributed by atoms with Crippen molar-refractivity contribution in [1.82, 2.24) is 9.99 Å². The van der Waals surface area contributed by atoms with Gasteiger partial charge in [-0.25, -0.2) is 9.99 Å². The molecular formula is C15H14N4O2S. The molecule has 1 aliphatic heterocycles. The number of hydrogen-bond donors (Lipinski definition) is 1. The molecule has 0 fully saturated rings. The van der Waals surface area contributed by atoms with E-state index in [2.05, 4.69) is 15.4 Å². The summed E-state index contributed by atoms with van der Waals surface area (Å²) in [5, 5.41) is 10.4. The highest BCUT2D eigenvalue weighted by molar-refractivity contribution is 7.13. The Morgan fingerprint density at radius 1 is 1.36 bits per heavy atom. The standard InChI is InChI=1S/C15H14N4O2S/c1-10-12(13(20)17-15-16-7-8-22-15)14(21)19(18-10)9-11-5-3-2-4-6-11/h2-8,12H,9H2,1H3,(H,16,17,20)/t12-/m0/s1. The van der Waals surface area contributed by atoms with E-state index in [1.165, 1.54) is 16.3 Å². The van der Waals surface area contributed by atoms with E-state index in [0.29, 0.717) is 17.4 Å². The molecule has 0 spiro atoms. The second-order valence-corrected chi connectivity index (χ2v) is 5.78. The number of hydrogen-bond acceptors (Lipinski definition) is 5. The summed E-state index contributed by atoms with van der Waals surface area (Å²) >= 11 is 1.31. The van der Waals surface area contributed by atoms with E-state index in [1.54, 1.807) is 18.5 Å². The first-order valence-corrected chi connectivity index (χ1v) is 7.64. The number of amides is 2. The topological polar surface area (TPSA) is 74.7 Å². The minimum Gasteiger partial charge on any atom is -0.301 e. The Kier molecular flexibility index (Phi) is 3.97. The lowest BCUT2D eigenvalue weighted by molar-refractivity contribution is -0.136. The summed E-state index contributed by atoms with van der Waals surface area (Å²) in [5.74, 6) is -1.58. The molecule has 0 saturated heterocycles. The fourth-order valence-electron chi connectivity index (χ4n) is 2.26. The number of carbonyl (C=O) groups is 2. The molecule has 1 aromatic carbocycles. The summed E-state index contributed by atoms with van der Waals surface area (Å²) in [6, 6.07) is 9.55. The van der Waals surface area contributed by atoms with Crippen LogP contribution in [0.3, 0.4) is 0 Å². The SMILES string of the molecule is CC1=NN(Cc2ccccc2)C(=O)[C@@H]1C(=O)Nc1nccs1. The summed E-state index contributed by atoms with van der Waals surface area (Å²) < 4.78 is 0. The molecule has 2 aromatic rings. The Bertz CT molecular complexity index is 712. The van der Waals surface area contributed by atoms with Crippen LogP contribution in [0.4, 0.5) is 5.13 Å². The Balaban J connectivity index is 1.71. The maximum absolute atomic E-state index is 12.4. The van der Waals surface area contributed by atoms with Crippen LogP contribution in [0.15, 0.2) is 47.0 Å². The molecule has 1 atom stereocenters. The molecule has 112 valence electrons. The monoisotopic (exact) mass is 314 g/mol. The quantitative estimate of drug-likeness (QED) is 0.878. The molecule has 0 unspecified atom stereocenters. The zero-order chi connectivity index (χ0) is 15.5. The lowest BCUT2D eigenvalue weighted by atomic mass is 10.0. The van der Waals surface area contributed by atoms with Gasteiger partial charge in [-0.05, 0) is 12.5 Å². The van der Waals surface area contributed by atoms with Gasteiger partial charge in [-0.15, -0.1) is 11.3 Å². The number of thiazole rings is 1. The van der Waals surface area contributed by atoms with Crippen molar-refractivity contribution >= 4 is 34.0 Å². The molecule has 7 heteroatoms. The molecule has 1 aliphatic rings. The van der Waals surface area contributed by atoms with E-state index >= 15 is 0 Å². The lowest BCUT2D eigenvalue weighted by Crippen LogP contribution is -2.35. The molecule has 2 amide bonds. The molecular weight excluding hydrogens is 300 g/mol. The number of aromatic nitrogens is 1. The third-order valence-electron chi connectivity index (χ3n) is 3.30. The van der Waals surface area contributed by atoms with Crippen LogP contribution in [-0.2, 0) is 16.1 Å². The van der Waals surface area contributed by atoms with Crippen molar-refractivity contribution in [3.8, 4) is 0 Å². The molecule has 2 heterocycles. The Hall–Kier alpha value is -2.54. The first kappa shape index (κ1) is 14.4. The van der Waals surface area contributed by atoms with Gasteiger partial charge in [0, 0.05) is 11.6 Å². The van der Waals surface area contributed by atoms with Crippen LogP contribution < -0.4 is 5.32 Å². The number of nitrogens with one attached hydrogen (secondary N) is 1. The van der Waals surface area contributed by atoms with Gasteiger partial charge >= 0.3 is 0 Å². The lowest BCUT2D eigenvalue weighted by Gasteiger charge is -2.14. The van der Waals surface area contributed by atoms with Gasteiger partial charge < -0.3 is 5.32 Å². The highest BCUT2D eigenvalue weighted by atomic mass is 32.1. The molecule has 6 nitrogen and oxygen atoms in total. The van der Waals surface area contributed by atoms with Gasteiger partial charge in [-0.1, -0.05) is 30.3 Å². The zero-order valence-electron chi connectivity index (χ0n) is 11.9. The van der Waals surface area contributed by atoms with Crippen molar-refractivity contribution in [3.05, 3.63) is 47.5 Å². The number of hydrazone groups is 1. The molecule has 0 bridgehead atoms. The summed E-state index contributed by atoms with van der Waals surface area (Å²) in [4.78, 5) is 28.7. The van der Waals surface area contributed by atoms with E-state index < -0.39 is 11.8 Å². The number of anilines is 1. The number of benzene rings is 1. The second kappa shape index (κ2) is 6.07. The van der Waals surface area contributed by atoms with Crippen molar-refractivity contribution in [2.45, 2.75) is 13.5 Å². The number of nitrogens with zero attached hydrogens (tertiary/aromatic N) is 3. The fourth-order valence-corrected chi connectivity index (χ4v) is 2.79. The van der Waals surface area contributed by atoms with Crippen LogP contribution >= 0.6 is 11.3 Å². The molecule has 0 radical (unpaired) electrons. The highest BCUT2D eigenvalue weighted by Crippen LogP contribution is 2.21. The summed E-state index contributed by atoms with van der Waals surface area (Å²) in [6.07, 6.45) is 1.60. The van der Waals surface area contributed by atoms with Crippen molar-refractivity contribution < 1.29 is 9.59 Å². The minimum atomic E-state index is -0.882. The maximum atomic E-state index is 12.4. The summed E-state index contributed by atoms with van der Waals surface area (Å²) in [7, 11) is 0. The number of rotatable bonds is 4. The van der Waals surface area contributed by atoms with Crippen LogP contribution in [0.1, 0.15) is 12.5 Å². The zero-order valence-corrected chi connectivity index (χ0v) is 12.7. The van der Waals surface area contributed by atoms with Gasteiger partial charge in [0.05, 0.1) is 12.3 Å². The molecule has 3 rings (SSSR count). The molecule has 1 aromatic heterocycles. The average molecular weight is 314 g/mol. The van der Waals surface area contributed by atoms with E-state index in [4.69, 9.17) is 0 Å². The molecule has 0 saturated carbocycles. The van der Waals surface area contributed by atoms with Crippen molar-refractivity contribution in [2.24, 2.45) is 11.0 Å². The predicted octanol–water partition coefficient (Wildman–Crippen LogP) is 2.12. The Morgan fingerprint density at radius 3 is 2.82 bits per heavy atom. The summed E-state index contributed by atoms with van der Waals surface area (Å²) in [5.41, 5.74) is 1.46. The highest BCUT2D eigenvalue weighted by Gasteiger charge is 2.39. The molecule has 22 heavy (non-hydrogen) atoms. The normalized spacial score (nSPS) is 17.5. The summed E-state index contributed by atoms with van der Waals surface area (Å²) in [6.45, 7) is 2.05. The minimum absolute atomic E-state index is 0.310. The van der Waals surface area contributed by atoms with Gasteiger partial charge in [0.15, 0.2) is 11.0 Å². The predicted molar refractivity (Wildman–Crippen MR) is 84.3 cm³/mol. The van der Waals surface area contributed by atoms with Gasteiger partial charge in [0.2, 0.25) is 5.91 Å². The van der Waals surface area contributed by atoms with Gasteiger partial charge in [-0.2, -0.15) is 5.10 Å². The van der Waals surface area contributed by atoms with Crippen LogP contribution in [-0.4, -0.2) is 27.5 Å². The first-order chi connectivity index (χ1) is 10.6. The van der Waals surface area contributed by atoms with Crippen LogP contribution in [0.5, 0.6) is 0 Å². The smallest absolute Gasteiger partial charge is 0.261 e. The van der Waals surface area contributed by atoms with Crippen molar-refractivity contribution in [2.75, 3.05) is 5.32 Å². The van der Waals surface area contributed by atoms with Crippen LogP contribution in [0.2, 0.25) is 0 Å². The van der Waals surface area contributed by atoms with Crippen molar-refractivity contribution in [1.29, 1.82) is 0 Å². The van der Waals surface area contributed by atoms with Crippen molar-refractivity contribution in [3.63, 3.8) is 0 Å². The van der Waals surface area contributed by atoms with E-state index in [-0.39, 0.29) is 5.91 Å². The average Bonchev–Trinajstić information content (AvgIpc) is 3.09. The second-order valence-electron chi connectivity index (χ2n) is 4.88. The first-order valence-electron chi connectivity index (χ1n) is 6.76. The molecule has 1 N–H and O–H groups in total. The molecule has 0 aliphatic carbocycles. The van der Waals surface area contributed by atoms with Gasteiger partial charge in [-0.3, -0.25) is 9.59 Å². The van der Waals surface area contributed by atoms with Gasteiger partial charge in [0.25, 0.3) is 5.91 Å². The number of carbonyl (C=O) groups excluding carboxylic acids is 2.